The minimum absolute atomic E-state index is 0.0154. The van der Waals surface area contributed by atoms with Gasteiger partial charge in [0, 0.05) is 6.42 Å². The van der Waals surface area contributed by atoms with Gasteiger partial charge in [-0.25, -0.2) is 0 Å². The van der Waals surface area contributed by atoms with Gasteiger partial charge in [-0.1, -0.05) is 146 Å². The number of hydrogen-bond donors (Lipinski definition) is 1. The van der Waals surface area contributed by atoms with E-state index in [2.05, 4.69) is 67.8 Å². The fraction of sp³-hybridized carbons (Fsp3) is 0.795. The van der Waals surface area contributed by atoms with Crippen LogP contribution in [0, 0.1) is 0 Å². The molecule has 0 aromatic rings. The van der Waals surface area contributed by atoms with Gasteiger partial charge in [0.15, 0.2) is 0 Å². The summed E-state index contributed by atoms with van der Waals surface area (Å²) in [5, 5.41) is 3.17. The van der Waals surface area contributed by atoms with E-state index in [4.69, 9.17) is 4.74 Å². The zero-order chi connectivity index (χ0) is 34.1. The molecule has 0 rings (SSSR count). The van der Waals surface area contributed by atoms with Crippen molar-refractivity contribution in [2.75, 3.05) is 13.6 Å². The SMILES string of the molecule is CCCCC/C=C\C/C=C\CCCCCCCCC(CCCCCCCC/C=C\C/C=C\CCCCCC)OC(=O)CCCCNC. The zero-order valence-electron chi connectivity index (χ0n) is 31.9. The van der Waals surface area contributed by atoms with Gasteiger partial charge in [-0.15, -0.1) is 0 Å². The lowest BCUT2D eigenvalue weighted by Gasteiger charge is -2.18. The van der Waals surface area contributed by atoms with Gasteiger partial charge in [0.1, 0.15) is 6.10 Å². The minimum Gasteiger partial charge on any atom is -0.462 e. The quantitative estimate of drug-likeness (QED) is 0.0411. The zero-order valence-corrected chi connectivity index (χ0v) is 31.9. The van der Waals surface area contributed by atoms with Gasteiger partial charge in [0.2, 0.25) is 0 Å². The Hall–Kier alpha value is -1.61. The van der Waals surface area contributed by atoms with Crippen LogP contribution >= 0.6 is 0 Å². The van der Waals surface area contributed by atoms with Crippen molar-refractivity contribution in [1.82, 2.24) is 5.32 Å². The first-order chi connectivity index (χ1) is 23.2. The summed E-state index contributed by atoms with van der Waals surface area (Å²) < 4.78 is 6.00. The highest BCUT2D eigenvalue weighted by Crippen LogP contribution is 2.18. The van der Waals surface area contributed by atoms with Crippen molar-refractivity contribution in [3.63, 3.8) is 0 Å². The number of carbonyl (C=O) groups is 1. The molecule has 0 aliphatic carbocycles. The molecule has 0 heterocycles. The van der Waals surface area contributed by atoms with Crippen LogP contribution in [0.5, 0.6) is 0 Å². The Morgan fingerprint density at radius 2 is 0.872 bits per heavy atom. The first-order valence-corrected chi connectivity index (χ1v) is 20.7. The molecular formula is C44H81NO2. The lowest BCUT2D eigenvalue weighted by Crippen LogP contribution is -2.18. The summed E-state index contributed by atoms with van der Waals surface area (Å²) in [6.07, 6.45) is 55.3. The fourth-order valence-electron chi connectivity index (χ4n) is 5.98. The van der Waals surface area contributed by atoms with Gasteiger partial charge in [-0.3, -0.25) is 4.79 Å². The molecule has 1 atom stereocenters. The molecule has 1 N–H and O–H groups in total. The molecule has 0 spiro atoms. The number of carbonyl (C=O) groups excluding carboxylic acids is 1. The second-order valence-corrected chi connectivity index (χ2v) is 13.8. The number of ether oxygens (including phenoxy) is 1. The van der Waals surface area contributed by atoms with Crippen molar-refractivity contribution in [2.45, 2.75) is 213 Å². The van der Waals surface area contributed by atoms with Crippen LogP contribution in [0.4, 0.5) is 0 Å². The third-order valence-corrected chi connectivity index (χ3v) is 9.06. The number of nitrogens with one attached hydrogen (secondary N) is 1. The van der Waals surface area contributed by atoms with Gasteiger partial charge in [-0.05, 0) is 116 Å². The predicted molar refractivity (Wildman–Crippen MR) is 210 cm³/mol. The average Bonchev–Trinajstić information content (AvgIpc) is 3.07. The summed E-state index contributed by atoms with van der Waals surface area (Å²) in [5.41, 5.74) is 0. The number of esters is 1. The highest BCUT2D eigenvalue weighted by atomic mass is 16.5. The third kappa shape index (κ3) is 38.7. The standard InChI is InChI=1S/C44H81NO2/c1-4-6-8-10-12-14-16-18-20-22-24-26-28-30-32-34-36-40-43(47-44(46)41-37-38-42-45-3)39-35-33-31-29-27-25-23-21-19-17-15-13-11-9-7-5-2/h13-16,19-22,43,45H,4-12,17-18,23-42H2,1-3H3/b15-13-,16-14-,21-19-,22-20-. The van der Waals surface area contributed by atoms with Crippen molar-refractivity contribution in [2.24, 2.45) is 0 Å². The maximum atomic E-state index is 12.5. The van der Waals surface area contributed by atoms with Crippen LogP contribution < -0.4 is 5.32 Å². The van der Waals surface area contributed by atoms with Crippen LogP contribution in [0.2, 0.25) is 0 Å². The van der Waals surface area contributed by atoms with Crippen molar-refractivity contribution in [3.05, 3.63) is 48.6 Å². The highest BCUT2D eigenvalue weighted by molar-refractivity contribution is 5.69. The lowest BCUT2D eigenvalue weighted by atomic mass is 10.0. The molecule has 274 valence electrons. The Labute approximate surface area is 294 Å². The highest BCUT2D eigenvalue weighted by Gasteiger charge is 2.14. The summed E-state index contributed by atoms with van der Waals surface area (Å²) in [4.78, 5) is 12.5. The largest absolute Gasteiger partial charge is 0.462 e. The smallest absolute Gasteiger partial charge is 0.306 e. The van der Waals surface area contributed by atoms with Crippen LogP contribution in [0.3, 0.4) is 0 Å². The van der Waals surface area contributed by atoms with E-state index in [0.29, 0.717) is 6.42 Å². The number of unbranched alkanes of at least 4 members (excludes halogenated alkanes) is 20. The molecule has 0 aromatic heterocycles. The number of rotatable bonds is 37. The minimum atomic E-state index is 0.0154. The molecule has 0 bridgehead atoms. The summed E-state index contributed by atoms with van der Waals surface area (Å²) >= 11 is 0. The predicted octanol–water partition coefficient (Wildman–Crippen LogP) is 14.1. The second-order valence-electron chi connectivity index (χ2n) is 13.8. The van der Waals surface area contributed by atoms with E-state index < -0.39 is 0 Å². The molecule has 0 radical (unpaired) electrons. The summed E-state index contributed by atoms with van der Waals surface area (Å²) in [6.45, 7) is 5.50. The van der Waals surface area contributed by atoms with Gasteiger partial charge in [0.05, 0.1) is 0 Å². The molecule has 47 heavy (non-hydrogen) atoms. The van der Waals surface area contributed by atoms with E-state index in [-0.39, 0.29) is 12.1 Å². The normalized spacial score (nSPS) is 12.8. The van der Waals surface area contributed by atoms with E-state index in [0.717, 1.165) is 45.1 Å². The summed E-state index contributed by atoms with van der Waals surface area (Å²) in [6, 6.07) is 0. The Kier molecular flexibility index (Phi) is 39.2. The van der Waals surface area contributed by atoms with Crippen LogP contribution in [-0.4, -0.2) is 25.7 Å². The van der Waals surface area contributed by atoms with E-state index in [9.17, 15) is 4.79 Å². The van der Waals surface area contributed by atoms with E-state index >= 15 is 0 Å². The Balaban J connectivity index is 3.99. The molecule has 0 fully saturated rings. The monoisotopic (exact) mass is 656 g/mol. The number of hydrogen-bond acceptors (Lipinski definition) is 3. The van der Waals surface area contributed by atoms with Gasteiger partial charge < -0.3 is 10.1 Å². The Morgan fingerprint density at radius 1 is 0.489 bits per heavy atom. The topological polar surface area (TPSA) is 38.3 Å². The maximum absolute atomic E-state index is 12.5. The maximum Gasteiger partial charge on any atom is 0.306 e. The van der Waals surface area contributed by atoms with Gasteiger partial charge in [0.25, 0.3) is 0 Å². The first kappa shape index (κ1) is 45.4. The van der Waals surface area contributed by atoms with E-state index in [1.807, 2.05) is 7.05 Å². The molecule has 0 saturated carbocycles. The third-order valence-electron chi connectivity index (χ3n) is 9.06. The molecule has 0 aliphatic heterocycles. The summed E-state index contributed by atoms with van der Waals surface area (Å²) in [5.74, 6) is 0.0154. The van der Waals surface area contributed by atoms with E-state index in [1.54, 1.807) is 0 Å². The van der Waals surface area contributed by atoms with Gasteiger partial charge >= 0.3 is 5.97 Å². The molecule has 1 unspecified atom stereocenters. The molecule has 0 amide bonds. The molecule has 0 aliphatic rings. The van der Waals surface area contributed by atoms with Crippen molar-refractivity contribution in [1.29, 1.82) is 0 Å². The molecule has 0 saturated heterocycles. The van der Waals surface area contributed by atoms with Crippen LogP contribution in [0.1, 0.15) is 206 Å². The lowest BCUT2D eigenvalue weighted by molar-refractivity contribution is -0.150. The van der Waals surface area contributed by atoms with Crippen molar-refractivity contribution >= 4 is 5.97 Å². The van der Waals surface area contributed by atoms with Crippen LogP contribution in [0.15, 0.2) is 48.6 Å². The Bertz CT molecular complexity index is 737. The molecule has 0 aromatic carbocycles. The molecule has 3 heteroatoms. The van der Waals surface area contributed by atoms with E-state index in [1.165, 1.54) is 148 Å². The molecule has 3 nitrogen and oxygen atoms in total. The van der Waals surface area contributed by atoms with Gasteiger partial charge in [-0.2, -0.15) is 0 Å². The first-order valence-electron chi connectivity index (χ1n) is 20.7. The van der Waals surface area contributed by atoms with Crippen molar-refractivity contribution in [3.8, 4) is 0 Å². The average molecular weight is 656 g/mol. The molecular weight excluding hydrogens is 574 g/mol. The second kappa shape index (κ2) is 40.6. The van der Waals surface area contributed by atoms with Crippen molar-refractivity contribution < 1.29 is 9.53 Å². The fourth-order valence-corrected chi connectivity index (χ4v) is 5.98. The van der Waals surface area contributed by atoms with Crippen LogP contribution in [-0.2, 0) is 9.53 Å². The van der Waals surface area contributed by atoms with Crippen LogP contribution in [0.25, 0.3) is 0 Å². The Morgan fingerprint density at radius 3 is 1.32 bits per heavy atom. The summed E-state index contributed by atoms with van der Waals surface area (Å²) in [7, 11) is 1.97. The number of allylic oxidation sites excluding steroid dienone is 8.